The highest BCUT2D eigenvalue weighted by Crippen LogP contribution is 2.45. The molecule has 246 valence electrons. The Morgan fingerprint density at radius 2 is 1.85 bits per heavy atom. The van der Waals surface area contributed by atoms with E-state index in [4.69, 9.17) is 9.15 Å². The highest BCUT2D eigenvalue weighted by Gasteiger charge is 2.27. The van der Waals surface area contributed by atoms with Crippen LogP contribution < -0.4 is 15.5 Å². The third-order valence-corrected chi connectivity index (χ3v) is 10.5. The third kappa shape index (κ3) is 7.29. The summed E-state index contributed by atoms with van der Waals surface area (Å²) in [5.74, 6) is 0.735. The molecule has 9 nitrogen and oxygen atoms in total. The van der Waals surface area contributed by atoms with Crippen molar-refractivity contribution in [3.8, 4) is 34.3 Å². The maximum atomic E-state index is 13.9. The molecular formula is C35H41NO8S2. The van der Waals surface area contributed by atoms with E-state index < -0.39 is 17.3 Å². The van der Waals surface area contributed by atoms with E-state index in [0.29, 0.717) is 48.1 Å². The van der Waals surface area contributed by atoms with Gasteiger partial charge in [-0.05, 0) is 60.5 Å². The Labute approximate surface area is 276 Å². The lowest BCUT2D eigenvalue weighted by Gasteiger charge is -2.21. The summed E-state index contributed by atoms with van der Waals surface area (Å²) in [6.07, 6.45) is 0.923. The van der Waals surface area contributed by atoms with Crippen molar-refractivity contribution in [2.75, 3.05) is 26.0 Å². The van der Waals surface area contributed by atoms with Crippen LogP contribution in [-0.2, 0) is 18.6 Å². The lowest BCUT2D eigenvalue weighted by molar-refractivity contribution is 0.102. The van der Waals surface area contributed by atoms with Gasteiger partial charge in [0.15, 0.2) is 5.76 Å². The molecule has 1 aromatic heterocycles. The molecule has 11 heteroatoms. The van der Waals surface area contributed by atoms with Gasteiger partial charge in [0, 0.05) is 53.8 Å². The number of ether oxygens (including phenoxy) is 1. The Hall–Kier alpha value is -3.35. The van der Waals surface area contributed by atoms with Crippen molar-refractivity contribution < 1.29 is 34.7 Å². The van der Waals surface area contributed by atoms with E-state index in [1.165, 1.54) is 12.1 Å². The van der Waals surface area contributed by atoms with Gasteiger partial charge in [0.2, 0.25) is 11.2 Å². The number of phenolic OH excluding ortho intramolecular Hbond substituents is 2. The fourth-order valence-corrected chi connectivity index (χ4v) is 8.31. The van der Waals surface area contributed by atoms with Gasteiger partial charge in [-0.2, -0.15) is 0 Å². The summed E-state index contributed by atoms with van der Waals surface area (Å²) >= 11 is 0. The number of rotatable bonds is 10. The zero-order valence-corrected chi connectivity index (χ0v) is 27.8. The fraction of sp³-hybridized carbons (Fsp3) is 0.400. The number of fused-ring (bicyclic) bond motifs is 4. The minimum atomic E-state index is -0.749. The summed E-state index contributed by atoms with van der Waals surface area (Å²) in [7, 11) is 5.25. The Morgan fingerprint density at radius 1 is 1.04 bits per heavy atom. The minimum Gasteiger partial charge on any atom is -0.508 e. The van der Waals surface area contributed by atoms with Gasteiger partial charge < -0.3 is 40.0 Å². The average Bonchev–Trinajstić information content (AvgIpc) is 3.05. The monoisotopic (exact) mass is 667 g/mol. The van der Waals surface area contributed by atoms with E-state index in [9.17, 15) is 30.3 Å². The maximum absolute atomic E-state index is 13.9. The molecule has 0 amide bonds. The van der Waals surface area contributed by atoms with Crippen molar-refractivity contribution in [2.24, 2.45) is 5.92 Å². The Bertz CT molecular complexity index is 1760. The molecule has 0 aliphatic carbocycles. The summed E-state index contributed by atoms with van der Waals surface area (Å²) in [5, 5.41) is 56.1. The van der Waals surface area contributed by atoms with Gasteiger partial charge >= 0.3 is 0 Å². The predicted octanol–water partition coefficient (Wildman–Crippen LogP) is 6.03. The summed E-state index contributed by atoms with van der Waals surface area (Å²) < 4.78 is 12.2. The number of hydrogen-bond donors (Lipinski definition) is 6. The van der Waals surface area contributed by atoms with Crippen molar-refractivity contribution >= 4 is 32.6 Å². The molecular weight excluding hydrogens is 627 g/mol. The first-order valence-electron chi connectivity index (χ1n) is 15.4. The van der Waals surface area contributed by atoms with E-state index >= 15 is 0 Å². The second kappa shape index (κ2) is 15.0. The molecule has 0 radical (unpaired) electrons. The van der Waals surface area contributed by atoms with Crippen molar-refractivity contribution in [1.82, 2.24) is 5.32 Å². The number of phenols is 2. The van der Waals surface area contributed by atoms with Crippen LogP contribution in [0, 0.1) is 5.92 Å². The maximum Gasteiger partial charge on any atom is 0.238 e. The SMILES string of the molecule is CNC1CSSCc2c(-c3oc4cc(O)cc(OC(CO)CCCO)c4c(=O)c3O)cc(CC(C)C)c(O)c2Cc2cccc1c2. The van der Waals surface area contributed by atoms with Crippen LogP contribution in [0.1, 0.15) is 60.5 Å². The Kier molecular flexibility index (Phi) is 11.1. The number of aromatic hydroxyl groups is 3. The van der Waals surface area contributed by atoms with E-state index in [-0.39, 0.29) is 59.2 Å². The van der Waals surface area contributed by atoms with Crippen LogP contribution in [0.3, 0.4) is 0 Å². The highest BCUT2D eigenvalue weighted by molar-refractivity contribution is 8.76. The summed E-state index contributed by atoms with van der Waals surface area (Å²) in [6.45, 7) is 3.64. The first-order chi connectivity index (χ1) is 22.1. The third-order valence-electron chi connectivity index (χ3n) is 8.18. The van der Waals surface area contributed by atoms with Gasteiger partial charge in [0.25, 0.3) is 0 Å². The lowest BCUT2D eigenvalue weighted by Crippen LogP contribution is -2.22. The molecule has 4 aromatic rings. The molecule has 3 aromatic carbocycles. The normalized spacial score (nSPS) is 15.8. The molecule has 2 atom stereocenters. The van der Waals surface area contributed by atoms with Crippen LogP contribution >= 0.6 is 21.6 Å². The van der Waals surface area contributed by atoms with E-state index in [1.807, 2.05) is 19.2 Å². The first-order valence-corrected chi connectivity index (χ1v) is 17.9. The van der Waals surface area contributed by atoms with E-state index in [2.05, 4.69) is 31.3 Å². The van der Waals surface area contributed by atoms with Gasteiger partial charge in [0.1, 0.15) is 34.3 Å². The quantitative estimate of drug-likeness (QED) is 0.110. The average molecular weight is 668 g/mol. The van der Waals surface area contributed by atoms with Crippen molar-refractivity contribution in [3.63, 3.8) is 0 Å². The number of aliphatic hydroxyl groups is 2. The number of hydrogen-bond acceptors (Lipinski definition) is 11. The molecule has 0 fully saturated rings. The Balaban J connectivity index is 1.72. The molecule has 6 N–H and O–H groups in total. The number of benzene rings is 3. The molecule has 1 aliphatic rings. The summed E-state index contributed by atoms with van der Waals surface area (Å²) in [4.78, 5) is 13.9. The van der Waals surface area contributed by atoms with E-state index in [1.54, 1.807) is 27.7 Å². The largest absolute Gasteiger partial charge is 0.508 e. The molecule has 5 rings (SSSR count). The summed E-state index contributed by atoms with van der Waals surface area (Å²) in [5.41, 5.74) is 4.06. The molecule has 0 spiro atoms. The predicted molar refractivity (Wildman–Crippen MR) is 184 cm³/mol. The van der Waals surface area contributed by atoms with Gasteiger partial charge in [0.05, 0.1) is 6.61 Å². The van der Waals surface area contributed by atoms with Crippen molar-refractivity contribution in [1.29, 1.82) is 0 Å². The minimum absolute atomic E-state index is 0.00198. The number of aliphatic hydroxyl groups excluding tert-OH is 2. The van der Waals surface area contributed by atoms with Crippen molar-refractivity contribution in [3.05, 3.63) is 80.5 Å². The standard InChI is InChI=1S/C35H41NO8S2/c1-19(2)10-22-13-26(27-17-45-46-18-28(36-3)21-7-4-6-20(11-21)12-25(27)32(22)40)35-34(42)33(41)31-29(14-23(39)15-30(31)44-35)43-24(16-38)8-5-9-37/h4,6-7,11,13-15,19,24,28,36-40,42H,5,8-10,12,16-18H2,1-3H3. The van der Waals surface area contributed by atoms with Crippen LogP contribution in [0.4, 0.5) is 0 Å². The van der Waals surface area contributed by atoms with Gasteiger partial charge in [-0.25, -0.2) is 0 Å². The summed E-state index contributed by atoms with van der Waals surface area (Å²) in [6, 6.07) is 12.8. The zero-order valence-electron chi connectivity index (χ0n) is 26.2. The molecule has 0 saturated carbocycles. The molecule has 2 heterocycles. The molecule has 46 heavy (non-hydrogen) atoms. The van der Waals surface area contributed by atoms with Crippen LogP contribution in [-0.4, -0.2) is 57.7 Å². The highest BCUT2D eigenvalue weighted by atomic mass is 33.1. The zero-order chi connectivity index (χ0) is 33.0. The second-order valence-corrected chi connectivity index (χ2v) is 14.5. The Morgan fingerprint density at radius 3 is 2.57 bits per heavy atom. The first kappa shape index (κ1) is 34.0. The van der Waals surface area contributed by atoms with Crippen LogP contribution in [0.2, 0.25) is 0 Å². The molecule has 0 saturated heterocycles. The van der Waals surface area contributed by atoms with Gasteiger partial charge in [-0.3, -0.25) is 4.79 Å². The van der Waals surface area contributed by atoms with Gasteiger partial charge in [-0.1, -0.05) is 59.7 Å². The van der Waals surface area contributed by atoms with Gasteiger partial charge in [-0.15, -0.1) is 0 Å². The molecule has 2 unspecified atom stereocenters. The fourth-order valence-electron chi connectivity index (χ4n) is 5.89. The second-order valence-electron chi connectivity index (χ2n) is 12.0. The smallest absolute Gasteiger partial charge is 0.238 e. The lowest BCUT2D eigenvalue weighted by atomic mass is 9.88. The van der Waals surface area contributed by atoms with Crippen molar-refractivity contribution in [2.45, 2.75) is 57.4 Å². The van der Waals surface area contributed by atoms with Crippen LogP contribution in [0.25, 0.3) is 22.3 Å². The van der Waals surface area contributed by atoms with Crippen LogP contribution in [0.15, 0.2) is 51.7 Å². The van der Waals surface area contributed by atoms with Crippen LogP contribution in [0.5, 0.6) is 23.0 Å². The molecule has 1 aliphatic heterocycles. The number of nitrogens with one attached hydrogen (secondary N) is 1. The van der Waals surface area contributed by atoms with E-state index in [0.717, 1.165) is 22.4 Å². The molecule has 2 bridgehead atoms. The topological polar surface area (TPSA) is 153 Å².